The van der Waals surface area contributed by atoms with Crippen LogP contribution >= 0.6 is 12.4 Å². The van der Waals surface area contributed by atoms with Crippen LogP contribution in [0.2, 0.25) is 0 Å². The number of para-hydroxylation sites is 1. The monoisotopic (exact) mass is 589 g/mol. The molecule has 2 aromatic carbocycles. The molecule has 6 aliphatic rings. The Labute approximate surface area is 252 Å². The smallest absolute Gasteiger partial charge is 0.253 e. The summed E-state index contributed by atoms with van der Waals surface area (Å²) in [6, 6.07) is 9.58. The van der Waals surface area contributed by atoms with E-state index in [1.165, 1.54) is 49.7 Å². The van der Waals surface area contributed by atoms with E-state index in [0.717, 1.165) is 48.3 Å². The van der Waals surface area contributed by atoms with Crippen molar-refractivity contribution >= 4 is 29.2 Å². The molecule has 222 valence electrons. The molecule has 5 atom stereocenters. The van der Waals surface area contributed by atoms with Crippen molar-refractivity contribution in [2.24, 2.45) is 5.92 Å². The molecule has 1 aromatic heterocycles. The summed E-state index contributed by atoms with van der Waals surface area (Å²) in [5, 5.41) is 28.1. The van der Waals surface area contributed by atoms with Gasteiger partial charge in [-0.15, -0.1) is 12.4 Å². The number of hydrogen-bond acceptors (Lipinski definition) is 5. The van der Waals surface area contributed by atoms with Gasteiger partial charge in [0.15, 0.2) is 11.5 Å². The van der Waals surface area contributed by atoms with Gasteiger partial charge in [-0.3, -0.25) is 9.69 Å². The third kappa shape index (κ3) is 3.50. The van der Waals surface area contributed by atoms with Crippen molar-refractivity contribution in [3.05, 3.63) is 58.8 Å². The fourth-order valence-electron chi connectivity index (χ4n) is 9.82. The van der Waals surface area contributed by atoms with E-state index >= 15 is 0 Å². The number of amides is 1. The number of ether oxygens (including phenoxy) is 1. The molecule has 7 nitrogen and oxygen atoms in total. The molecule has 42 heavy (non-hydrogen) atoms. The third-order valence-corrected chi connectivity index (χ3v) is 11.9. The number of carbonyl (C=O) groups excluding carboxylic acids is 1. The first kappa shape index (κ1) is 26.9. The van der Waals surface area contributed by atoms with E-state index in [4.69, 9.17) is 4.74 Å². The zero-order chi connectivity index (χ0) is 27.5. The number of aliphatic hydroxyl groups is 1. The minimum Gasteiger partial charge on any atom is -0.504 e. The normalized spacial score (nSPS) is 33.2. The van der Waals surface area contributed by atoms with Gasteiger partial charge in [-0.05, 0) is 93.0 Å². The van der Waals surface area contributed by atoms with Crippen LogP contribution in [0.4, 0.5) is 0 Å². The Morgan fingerprint density at radius 3 is 2.74 bits per heavy atom. The number of aromatic hydroxyl groups is 1. The minimum absolute atomic E-state index is 0. The molecule has 3 saturated carbocycles. The maximum Gasteiger partial charge on any atom is 0.253 e. The van der Waals surface area contributed by atoms with E-state index in [0.29, 0.717) is 30.1 Å². The van der Waals surface area contributed by atoms with Crippen molar-refractivity contribution in [2.45, 2.75) is 99.3 Å². The number of carbonyl (C=O) groups is 1. The van der Waals surface area contributed by atoms with Crippen LogP contribution in [0.15, 0.2) is 36.5 Å². The lowest BCUT2D eigenvalue weighted by atomic mass is 9.48. The maximum absolute atomic E-state index is 14.0. The number of aromatic nitrogens is 1. The number of aromatic amines is 1. The number of benzene rings is 2. The zero-order valence-corrected chi connectivity index (χ0v) is 24.7. The predicted molar refractivity (Wildman–Crippen MR) is 163 cm³/mol. The van der Waals surface area contributed by atoms with Crippen LogP contribution in [-0.2, 0) is 11.8 Å². The highest BCUT2D eigenvalue weighted by Gasteiger charge is 2.73. The summed E-state index contributed by atoms with van der Waals surface area (Å²) in [6.07, 6.45) is 12.0. The second-order valence-electron chi connectivity index (χ2n) is 13.9. The van der Waals surface area contributed by atoms with Gasteiger partial charge in [0.1, 0.15) is 6.10 Å². The summed E-state index contributed by atoms with van der Waals surface area (Å²) in [6.45, 7) is 1.96. The second kappa shape index (κ2) is 9.38. The molecular weight excluding hydrogens is 550 g/mol. The fourth-order valence-corrected chi connectivity index (χ4v) is 9.82. The van der Waals surface area contributed by atoms with Gasteiger partial charge in [-0.25, -0.2) is 0 Å². The molecule has 2 aliphatic heterocycles. The molecule has 3 aromatic rings. The van der Waals surface area contributed by atoms with E-state index in [1.54, 1.807) is 6.07 Å². The number of fused-ring (bicyclic) bond motifs is 1. The van der Waals surface area contributed by atoms with E-state index in [2.05, 4.69) is 27.5 Å². The van der Waals surface area contributed by atoms with E-state index < -0.39 is 17.1 Å². The number of rotatable bonds is 5. The van der Waals surface area contributed by atoms with Crippen LogP contribution in [-0.4, -0.2) is 62.9 Å². The number of nitrogens with one attached hydrogen (secondary N) is 2. The van der Waals surface area contributed by atoms with Gasteiger partial charge in [0.25, 0.3) is 5.91 Å². The van der Waals surface area contributed by atoms with Crippen LogP contribution < -0.4 is 10.1 Å². The molecule has 2 bridgehead atoms. The van der Waals surface area contributed by atoms with Crippen molar-refractivity contribution in [3.8, 4) is 11.5 Å². The Morgan fingerprint density at radius 1 is 1.10 bits per heavy atom. The van der Waals surface area contributed by atoms with Crippen molar-refractivity contribution in [2.75, 3.05) is 13.1 Å². The summed E-state index contributed by atoms with van der Waals surface area (Å²) in [7, 11) is 0. The van der Waals surface area contributed by atoms with Gasteiger partial charge in [0.2, 0.25) is 0 Å². The zero-order valence-electron chi connectivity index (χ0n) is 23.9. The largest absolute Gasteiger partial charge is 0.504 e. The highest BCUT2D eigenvalue weighted by atomic mass is 35.5. The Kier molecular flexibility index (Phi) is 6.00. The Bertz CT molecular complexity index is 1580. The lowest BCUT2D eigenvalue weighted by Gasteiger charge is -2.64. The second-order valence-corrected chi connectivity index (χ2v) is 13.9. The van der Waals surface area contributed by atoms with E-state index in [1.807, 2.05) is 18.2 Å². The fraction of sp³-hybridized carbons (Fsp3) is 0.559. The SMILES string of the molecule is Cl.O=C(N[C@@H]1CC[C@@]2(O)[C@H]3Cc4ccc(O)c5c4[C@@]2(CCN3CC2CC2)[C@H]1O5)c1cccc2c(C3CCCC3)c[nH]c12. The lowest BCUT2D eigenvalue weighted by Crippen LogP contribution is -2.78. The molecular formula is C34H40ClN3O4. The number of hydrogen-bond donors (Lipinski definition) is 4. The number of nitrogens with zero attached hydrogens (tertiary/aromatic N) is 1. The van der Waals surface area contributed by atoms with Crippen LogP contribution in [0.3, 0.4) is 0 Å². The first-order chi connectivity index (χ1) is 20.0. The van der Waals surface area contributed by atoms with Gasteiger partial charge in [-0.2, -0.15) is 0 Å². The molecule has 3 heterocycles. The number of phenols is 1. The van der Waals surface area contributed by atoms with Gasteiger partial charge in [-0.1, -0.05) is 31.0 Å². The minimum atomic E-state index is -0.951. The third-order valence-electron chi connectivity index (χ3n) is 11.9. The van der Waals surface area contributed by atoms with Gasteiger partial charge in [0.05, 0.1) is 28.1 Å². The quantitative estimate of drug-likeness (QED) is 0.323. The molecule has 0 radical (unpaired) electrons. The number of halogens is 1. The number of phenolic OH excluding ortho intramolecular Hbond substituents is 1. The summed E-state index contributed by atoms with van der Waals surface area (Å²) >= 11 is 0. The van der Waals surface area contributed by atoms with Gasteiger partial charge in [0, 0.05) is 29.7 Å². The lowest BCUT2D eigenvalue weighted by molar-refractivity contribution is -0.191. The molecule has 4 fully saturated rings. The molecule has 4 aliphatic carbocycles. The van der Waals surface area contributed by atoms with Crippen LogP contribution in [0.25, 0.3) is 10.9 Å². The molecule has 4 N–H and O–H groups in total. The molecule has 9 rings (SSSR count). The standard InChI is InChI=1S/C34H39N3O4.ClH/c38-26-11-10-21-16-27-34(40)13-12-25(31-33(34,28(21)30(26)41-31)14-15-37(27)18-19-8-9-19)36-32(39)23-7-3-6-22-24(17-35-29(22)23)20-4-1-2-5-20;/h3,6-7,10-11,17,19-20,25,27,31,35,38,40H,1-2,4-5,8-9,12-16,18H2,(H,36,39);1H/t25-,27-,31+,33+,34-;/m1./s1. The average Bonchev–Trinajstić information content (AvgIpc) is 3.33. The Morgan fingerprint density at radius 2 is 1.93 bits per heavy atom. The predicted octanol–water partition coefficient (Wildman–Crippen LogP) is 5.32. The van der Waals surface area contributed by atoms with E-state index in [-0.39, 0.29) is 36.1 Å². The summed E-state index contributed by atoms with van der Waals surface area (Å²) < 4.78 is 6.66. The Balaban J connectivity index is 0.00000267. The molecule has 1 saturated heterocycles. The number of likely N-dealkylation sites (tertiary alicyclic amines) is 1. The highest BCUT2D eigenvalue weighted by Crippen LogP contribution is 2.65. The van der Waals surface area contributed by atoms with Crippen LogP contribution in [0.1, 0.15) is 90.8 Å². The summed E-state index contributed by atoms with van der Waals surface area (Å²) in [4.78, 5) is 20.0. The number of piperidine rings is 1. The topological polar surface area (TPSA) is 97.8 Å². The van der Waals surface area contributed by atoms with Gasteiger partial charge < -0.3 is 25.3 Å². The molecule has 1 amide bonds. The molecule has 1 spiro atoms. The van der Waals surface area contributed by atoms with Crippen molar-refractivity contribution in [1.82, 2.24) is 15.2 Å². The van der Waals surface area contributed by atoms with Crippen molar-refractivity contribution in [1.29, 1.82) is 0 Å². The summed E-state index contributed by atoms with van der Waals surface area (Å²) in [5.74, 6) is 1.86. The molecule has 8 heteroatoms. The van der Waals surface area contributed by atoms with Crippen LogP contribution in [0, 0.1) is 5.92 Å². The number of H-pyrrole nitrogens is 1. The van der Waals surface area contributed by atoms with Crippen molar-refractivity contribution in [3.63, 3.8) is 0 Å². The molecule has 0 unspecified atom stereocenters. The highest BCUT2D eigenvalue weighted by molar-refractivity contribution is 6.06. The van der Waals surface area contributed by atoms with E-state index in [9.17, 15) is 15.0 Å². The average molecular weight is 590 g/mol. The van der Waals surface area contributed by atoms with Gasteiger partial charge >= 0.3 is 0 Å². The first-order valence-corrected chi connectivity index (χ1v) is 15.9. The Hall–Kier alpha value is -2.74. The summed E-state index contributed by atoms with van der Waals surface area (Å²) in [5.41, 5.74) is 3.48. The first-order valence-electron chi connectivity index (χ1n) is 15.9. The van der Waals surface area contributed by atoms with Crippen molar-refractivity contribution < 1.29 is 19.7 Å². The van der Waals surface area contributed by atoms with Crippen LogP contribution in [0.5, 0.6) is 11.5 Å². The maximum atomic E-state index is 14.0.